The second-order valence-corrected chi connectivity index (χ2v) is 7.83. The third-order valence-corrected chi connectivity index (χ3v) is 5.34. The summed E-state index contributed by atoms with van der Waals surface area (Å²) in [7, 11) is 1.63. The van der Waals surface area contributed by atoms with E-state index in [0.717, 1.165) is 33.2 Å². The number of hydrogen-bond acceptors (Lipinski definition) is 3. The molecule has 2 N–H and O–H groups in total. The van der Waals surface area contributed by atoms with Crippen molar-refractivity contribution >= 4 is 50.7 Å². The minimum Gasteiger partial charge on any atom is -0.497 e. The van der Waals surface area contributed by atoms with E-state index in [-0.39, 0.29) is 0 Å². The zero-order valence-electron chi connectivity index (χ0n) is 15.5. The van der Waals surface area contributed by atoms with Gasteiger partial charge in [0.1, 0.15) is 5.75 Å². The van der Waals surface area contributed by atoms with Gasteiger partial charge >= 0.3 is 0 Å². The molecule has 0 spiro atoms. The third-order valence-electron chi connectivity index (χ3n) is 4.87. The molecule has 1 atom stereocenters. The van der Waals surface area contributed by atoms with E-state index in [9.17, 15) is 5.11 Å². The largest absolute Gasteiger partial charge is 0.497 e. The van der Waals surface area contributed by atoms with Crippen molar-refractivity contribution in [3.05, 3.63) is 70.7 Å². The first-order chi connectivity index (χ1) is 13.4. The van der Waals surface area contributed by atoms with E-state index in [4.69, 9.17) is 27.9 Å². The van der Waals surface area contributed by atoms with Crippen molar-refractivity contribution in [1.82, 2.24) is 4.57 Å². The van der Waals surface area contributed by atoms with Gasteiger partial charge in [0.2, 0.25) is 0 Å². The fraction of sp³-hybridized carbons (Fsp3) is 0.182. The number of rotatable bonds is 5. The maximum Gasteiger partial charge on any atom is 0.156 e. The number of aliphatic hydroxyl groups is 1. The molecule has 4 rings (SSSR count). The van der Waals surface area contributed by atoms with Gasteiger partial charge in [0.15, 0.2) is 5.72 Å². The minimum absolute atomic E-state index is 0.296. The molecular weight excluding hydrogens is 395 g/mol. The van der Waals surface area contributed by atoms with Crippen LogP contribution in [-0.2, 0) is 5.72 Å². The summed E-state index contributed by atoms with van der Waals surface area (Å²) >= 11 is 12.4. The molecule has 3 aromatic carbocycles. The Kier molecular flexibility index (Phi) is 4.88. The molecule has 4 aromatic rings. The molecule has 0 amide bonds. The first-order valence-corrected chi connectivity index (χ1v) is 9.65. The fourth-order valence-electron chi connectivity index (χ4n) is 3.57. The quantitative estimate of drug-likeness (QED) is 0.428. The molecule has 0 aliphatic heterocycles. The molecule has 6 heteroatoms. The van der Waals surface area contributed by atoms with Gasteiger partial charge in [-0.15, -0.1) is 0 Å². The van der Waals surface area contributed by atoms with E-state index in [1.807, 2.05) is 65.2 Å². The van der Waals surface area contributed by atoms with Gasteiger partial charge in [0, 0.05) is 32.6 Å². The number of nitrogens with one attached hydrogen (secondary N) is 1. The van der Waals surface area contributed by atoms with Crippen LogP contribution in [0.3, 0.4) is 0 Å². The molecule has 0 aliphatic carbocycles. The smallest absolute Gasteiger partial charge is 0.156 e. The minimum atomic E-state index is -1.20. The fourth-order valence-corrected chi connectivity index (χ4v) is 3.91. The molecule has 1 aromatic heterocycles. The third kappa shape index (κ3) is 3.39. The van der Waals surface area contributed by atoms with E-state index < -0.39 is 5.72 Å². The highest BCUT2D eigenvalue weighted by Crippen LogP contribution is 2.36. The van der Waals surface area contributed by atoms with Crippen molar-refractivity contribution in [3.8, 4) is 5.75 Å². The van der Waals surface area contributed by atoms with Gasteiger partial charge in [-0.3, -0.25) is 0 Å². The topological polar surface area (TPSA) is 46.4 Å². The lowest BCUT2D eigenvalue weighted by Crippen LogP contribution is -2.37. The maximum absolute atomic E-state index is 11.4. The Morgan fingerprint density at radius 3 is 2.14 bits per heavy atom. The highest BCUT2D eigenvalue weighted by atomic mass is 35.5. The van der Waals surface area contributed by atoms with Crippen LogP contribution in [-0.4, -0.2) is 23.3 Å². The predicted octanol–water partition coefficient (Wildman–Crippen LogP) is 5.89. The molecule has 0 bridgehead atoms. The van der Waals surface area contributed by atoms with E-state index in [1.54, 1.807) is 14.0 Å². The van der Waals surface area contributed by atoms with Crippen LogP contribution in [0, 0.1) is 0 Å². The average Bonchev–Trinajstić information content (AvgIpc) is 3.00. The van der Waals surface area contributed by atoms with Crippen molar-refractivity contribution in [2.75, 3.05) is 19.0 Å². The molecule has 28 heavy (non-hydrogen) atoms. The van der Waals surface area contributed by atoms with Crippen LogP contribution in [0.4, 0.5) is 5.69 Å². The van der Waals surface area contributed by atoms with Crippen LogP contribution >= 0.6 is 23.2 Å². The highest BCUT2D eigenvalue weighted by Gasteiger charge is 2.27. The van der Waals surface area contributed by atoms with Gasteiger partial charge in [0.05, 0.1) is 24.7 Å². The van der Waals surface area contributed by atoms with Gasteiger partial charge in [0.25, 0.3) is 0 Å². The van der Waals surface area contributed by atoms with Crippen LogP contribution in [0.2, 0.25) is 10.0 Å². The summed E-state index contributed by atoms with van der Waals surface area (Å²) in [5, 5.41) is 17.9. The Labute approximate surface area is 173 Å². The van der Waals surface area contributed by atoms with Gasteiger partial charge in [-0.1, -0.05) is 29.3 Å². The van der Waals surface area contributed by atoms with Crippen molar-refractivity contribution in [1.29, 1.82) is 0 Å². The molecule has 1 heterocycles. The Hall–Kier alpha value is -2.40. The molecule has 144 valence electrons. The Bertz CT molecular complexity index is 1110. The van der Waals surface area contributed by atoms with Gasteiger partial charge in [-0.2, -0.15) is 0 Å². The SMILES string of the molecule is COc1cccc(NCC(C)(O)n2c3ccc(Cl)cc3c3cc(Cl)ccc32)c1. The summed E-state index contributed by atoms with van der Waals surface area (Å²) in [4.78, 5) is 0. The van der Waals surface area contributed by atoms with Crippen molar-refractivity contribution in [2.45, 2.75) is 12.6 Å². The number of hydrogen-bond donors (Lipinski definition) is 2. The molecule has 0 saturated heterocycles. The molecule has 1 unspecified atom stereocenters. The van der Waals surface area contributed by atoms with Crippen LogP contribution in [0.25, 0.3) is 21.8 Å². The molecule has 0 fully saturated rings. The number of ether oxygens (including phenoxy) is 1. The van der Waals surface area contributed by atoms with Gasteiger partial charge in [-0.05, 0) is 55.5 Å². The Balaban J connectivity index is 1.79. The first-order valence-electron chi connectivity index (χ1n) is 8.89. The molecule has 0 radical (unpaired) electrons. The molecule has 4 nitrogen and oxygen atoms in total. The monoisotopic (exact) mass is 414 g/mol. The van der Waals surface area contributed by atoms with Gasteiger partial charge in [-0.25, -0.2) is 0 Å². The molecule has 0 saturated carbocycles. The Morgan fingerprint density at radius 2 is 1.57 bits per heavy atom. The summed E-state index contributed by atoms with van der Waals surface area (Å²) in [5.41, 5.74) is 1.44. The van der Waals surface area contributed by atoms with E-state index in [2.05, 4.69) is 5.32 Å². The second-order valence-electron chi connectivity index (χ2n) is 6.96. The predicted molar refractivity (Wildman–Crippen MR) is 117 cm³/mol. The van der Waals surface area contributed by atoms with Gasteiger partial charge < -0.3 is 19.7 Å². The lowest BCUT2D eigenvalue weighted by molar-refractivity contribution is 0.00391. The van der Waals surface area contributed by atoms with Crippen LogP contribution in [0.5, 0.6) is 5.75 Å². The highest BCUT2D eigenvalue weighted by molar-refractivity contribution is 6.33. The van der Waals surface area contributed by atoms with Crippen LogP contribution < -0.4 is 10.1 Å². The van der Waals surface area contributed by atoms with Crippen LogP contribution in [0.15, 0.2) is 60.7 Å². The molecule has 0 aliphatic rings. The Morgan fingerprint density at radius 1 is 0.964 bits per heavy atom. The van der Waals surface area contributed by atoms with Crippen molar-refractivity contribution in [3.63, 3.8) is 0 Å². The number of methoxy groups -OCH3 is 1. The lowest BCUT2D eigenvalue weighted by atomic mass is 10.1. The normalized spacial score (nSPS) is 13.6. The zero-order valence-corrected chi connectivity index (χ0v) is 17.1. The number of benzene rings is 3. The summed E-state index contributed by atoms with van der Waals surface area (Å²) in [5.74, 6) is 0.755. The number of fused-ring (bicyclic) bond motifs is 3. The maximum atomic E-state index is 11.4. The first kappa shape index (κ1) is 18.9. The summed E-state index contributed by atoms with van der Waals surface area (Å²) in [6.45, 7) is 2.08. The lowest BCUT2D eigenvalue weighted by Gasteiger charge is -2.28. The summed E-state index contributed by atoms with van der Waals surface area (Å²) in [6.07, 6.45) is 0. The van der Waals surface area contributed by atoms with E-state index in [1.165, 1.54) is 0 Å². The summed E-state index contributed by atoms with van der Waals surface area (Å²) in [6, 6.07) is 18.9. The standard InChI is InChI=1S/C22H20Cl2N2O2/c1-22(27,13-25-16-4-3-5-17(12-16)28-2)26-20-8-6-14(23)10-18(20)19-11-15(24)7-9-21(19)26/h3-12,25,27H,13H2,1-2H3. The van der Waals surface area contributed by atoms with Crippen LogP contribution in [0.1, 0.15) is 6.92 Å². The summed E-state index contributed by atoms with van der Waals surface area (Å²) < 4.78 is 7.18. The number of halogens is 2. The van der Waals surface area contributed by atoms with Crippen molar-refractivity contribution in [2.24, 2.45) is 0 Å². The molecular formula is C22H20Cl2N2O2. The number of nitrogens with zero attached hydrogens (tertiary/aromatic N) is 1. The van der Waals surface area contributed by atoms with Crippen molar-refractivity contribution < 1.29 is 9.84 Å². The number of aromatic nitrogens is 1. The van der Waals surface area contributed by atoms with E-state index in [0.29, 0.717) is 16.6 Å². The average molecular weight is 415 g/mol. The second kappa shape index (κ2) is 7.21. The zero-order chi connectivity index (χ0) is 19.9. The number of anilines is 1. The van der Waals surface area contributed by atoms with E-state index >= 15 is 0 Å².